The first-order valence-corrected chi connectivity index (χ1v) is 48.8. The SMILES string of the molecule is CCC(C)CCCCCCCCCCCCCCCCCCCCC(=O)OC[C@H](COP(=O)(O)OC[C@@H](O)COP(=O)(O)OC[C@@H](COC(=O)CCCCCCCCC(C)CC)OC(=O)CCCCCCCCCCCCCCCCCCCCC(C)CC)OC(=O)CCCCCCCCCCCCCC(C)C. The molecule has 5 unspecified atom stereocenters. The minimum absolute atomic E-state index is 0.107. The van der Waals surface area contributed by atoms with Crippen molar-refractivity contribution < 1.29 is 80.2 Å². The summed E-state index contributed by atoms with van der Waals surface area (Å²) < 4.78 is 68.9. The molecule has 8 atom stereocenters. The van der Waals surface area contributed by atoms with E-state index in [-0.39, 0.29) is 25.7 Å². The predicted octanol–water partition coefficient (Wildman–Crippen LogP) is 27.1. The van der Waals surface area contributed by atoms with Crippen LogP contribution in [0, 0.1) is 23.7 Å². The van der Waals surface area contributed by atoms with Gasteiger partial charge in [0.2, 0.25) is 0 Å². The normalized spacial score (nSPS) is 14.6. The summed E-state index contributed by atoms with van der Waals surface area (Å²) in [7, 11) is -9.93. The average Bonchev–Trinajstić information content (AvgIpc) is 0.897. The van der Waals surface area contributed by atoms with Crippen LogP contribution in [0.3, 0.4) is 0 Å². The second-order valence-electron chi connectivity index (χ2n) is 33.2. The predicted molar refractivity (Wildman–Crippen MR) is 446 cm³/mol. The molecule has 0 saturated carbocycles. The lowest BCUT2D eigenvalue weighted by Gasteiger charge is -2.21. The highest BCUT2D eigenvalue weighted by Crippen LogP contribution is 2.45. The maximum atomic E-state index is 13.1. The molecule has 0 amide bonds. The molecule has 19 heteroatoms. The fourth-order valence-electron chi connectivity index (χ4n) is 13.8. The molecule has 0 radical (unpaired) electrons. The van der Waals surface area contributed by atoms with Crippen LogP contribution in [0.15, 0.2) is 0 Å². The number of carbonyl (C=O) groups excluding carboxylic acids is 4. The number of unbranched alkanes of at least 4 members (excludes halogenated alkanes) is 49. The Balaban J connectivity index is 5.17. The Morgan fingerprint density at radius 3 is 0.657 bits per heavy atom. The highest BCUT2D eigenvalue weighted by Gasteiger charge is 2.31. The van der Waals surface area contributed by atoms with Crippen LogP contribution < -0.4 is 0 Å². The van der Waals surface area contributed by atoms with Crippen molar-refractivity contribution in [2.24, 2.45) is 23.7 Å². The first-order valence-electron chi connectivity index (χ1n) is 45.8. The fraction of sp³-hybridized carbons (Fsp3) is 0.955. The Labute approximate surface area is 664 Å². The third-order valence-electron chi connectivity index (χ3n) is 21.9. The molecule has 0 saturated heterocycles. The molecule has 0 aliphatic heterocycles. The smallest absolute Gasteiger partial charge is 0.462 e. The zero-order valence-corrected chi connectivity index (χ0v) is 73.3. The van der Waals surface area contributed by atoms with Crippen LogP contribution in [-0.4, -0.2) is 96.7 Å². The van der Waals surface area contributed by atoms with E-state index in [1.807, 2.05) is 0 Å². The van der Waals surface area contributed by atoms with Gasteiger partial charge in [0, 0.05) is 25.7 Å². The summed E-state index contributed by atoms with van der Waals surface area (Å²) in [6.45, 7) is 14.4. The maximum absolute atomic E-state index is 13.1. The van der Waals surface area contributed by atoms with E-state index >= 15 is 0 Å². The summed E-state index contributed by atoms with van der Waals surface area (Å²) in [5.41, 5.74) is 0. The number of carbonyl (C=O) groups is 4. The van der Waals surface area contributed by atoms with Crippen molar-refractivity contribution in [1.82, 2.24) is 0 Å². The third-order valence-corrected chi connectivity index (χ3v) is 23.8. The fourth-order valence-corrected chi connectivity index (χ4v) is 15.3. The Bertz CT molecular complexity index is 2100. The third kappa shape index (κ3) is 78.0. The maximum Gasteiger partial charge on any atom is 0.472 e. The van der Waals surface area contributed by atoms with Gasteiger partial charge in [0.05, 0.1) is 26.4 Å². The van der Waals surface area contributed by atoms with Crippen LogP contribution in [-0.2, 0) is 65.4 Å². The van der Waals surface area contributed by atoms with E-state index in [1.54, 1.807) is 0 Å². The van der Waals surface area contributed by atoms with Crippen LogP contribution in [0.2, 0.25) is 0 Å². The second-order valence-corrected chi connectivity index (χ2v) is 36.1. The summed E-state index contributed by atoms with van der Waals surface area (Å²) in [6, 6.07) is 0. The zero-order chi connectivity index (χ0) is 79.5. The summed E-state index contributed by atoms with van der Waals surface area (Å²) in [4.78, 5) is 73.3. The average molecular weight is 1580 g/mol. The molecule has 0 aromatic carbocycles. The molecule has 108 heavy (non-hydrogen) atoms. The summed E-state index contributed by atoms with van der Waals surface area (Å²) in [5, 5.41) is 10.7. The molecule has 642 valence electrons. The van der Waals surface area contributed by atoms with Crippen molar-refractivity contribution >= 4 is 39.5 Å². The summed E-state index contributed by atoms with van der Waals surface area (Å²) in [5.74, 6) is 1.13. The molecular formula is C89H174O17P2. The minimum Gasteiger partial charge on any atom is -0.462 e. The monoisotopic (exact) mass is 1580 g/mol. The van der Waals surface area contributed by atoms with Gasteiger partial charge in [-0.05, 0) is 49.4 Å². The van der Waals surface area contributed by atoms with Crippen molar-refractivity contribution in [1.29, 1.82) is 0 Å². The number of aliphatic hydroxyl groups excluding tert-OH is 1. The van der Waals surface area contributed by atoms with Crippen LogP contribution >= 0.6 is 15.6 Å². The molecular weight excluding hydrogens is 1400 g/mol. The number of phosphoric acid groups is 2. The molecule has 0 aliphatic carbocycles. The number of phosphoric ester groups is 2. The van der Waals surface area contributed by atoms with Gasteiger partial charge < -0.3 is 33.8 Å². The topological polar surface area (TPSA) is 237 Å². The molecule has 0 rings (SSSR count). The molecule has 0 aromatic rings. The first kappa shape index (κ1) is 106. The first-order chi connectivity index (χ1) is 52.2. The standard InChI is InChI=1S/C89H174O17P2/c1-9-80(6)66-58-50-42-36-30-24-20-16-12-14-18-22-26-32-38-44-53-61-69-86(91)99-75-84(105-89(94)72-64-56-46-40-34-28-29-35-41-49-57-65-79(4)5)77-103-107(95,96)101-73-83(90)74-102-108(97,98)104-78-85(76-100-87(92)70-62-54-48-47-52-60-68-82(8)11-3)106-88(93)71-63-55-45-39-33-27-23-19-15-13-17-21-25-31-37-43-51-59-67-81(7)10-2/h79-85,90H,9-78H2,1-8H3,(H,95,96)(H,97,98)/t80?,81?,82?,83-,84-,85-/m1/s1. The van der Waals surface area contributed by atoms with E-state index in [9.17, 15) is 43.2 Å². The summed E-state index contributed by atoms with van der Waals surface area (Å²) in [6.07, 6.45) is 68.1. The lowest BCUT2D eigenvalue weighted by atomic mass is 9.99. The number of rotatable bonds is 86. The van der Waals surface area contributed by atoms with Crippen molar-refractivity contribution in [3.63, 3.8) is 0 Å². The van der Waals surface area contributed by atoms with Gasteiger partial charge in [-0.25, -0.2) is 9.13 Å². The molecule has 0 heterocycles. The number of ether oxygens (including phenoxy) is 4. The molecule has 3 N–H and O–H groups in total. The quantitative estimate of drug-likeness (QED) is 0.0222. The van der Waals surface area contributed by atoms with Gasteiger partial charge in [-0.3, -0.25) is 37.3 Å². The molecule has 0 bridgehead atoms. The highest BCUT2D eigenvalue weighted by atomic mass is 31.2. The van der Waals surface area contributed by atoms with E-state index in [0.717, 1.165) is 120 Å². The Morgan fingerprint density at radius 2 is 0.444 bits per heavy atom. The molecule has 0 aromatic heterocycles. The van der Waals surface area contributed by atoms with E-state index in [1.165, 1.54) is 263 Å². The molecule has 0 aliphatic rings. The van der Waals surface area contributed by atoms with E-state index in [4.69, 9.17) is 37.0 Å². The van der Waals surface area contributed by atoms with E-state index in [0.29, 0.717) is 25.7 Å². The van der Waals surface area contributed by atoms with Crippen molar-refractivity contribution in [3.8, 4) is 0 Å². The Hall–Kier alpha value is -1.94. The van der Waals surface area contributed by atoms with Crippen LogP contribution in [0.1, 0.15) is 466 Å². The minimum atomic E-state index is -4.97. The number of esters is 4. The highest BCUT2D eigenvalue weighted by molar-refractivity contribution is 7.47. The zero-order valence-electron chi connectivity index (χ0n) is 71.5. The van der Waals surface area contributed by atoms with Gasteiger partial charge in [-0.15, -0.1) is 0 Å². The van der Waals surface area contributed by atoms with Crippen molar-refractivity contribution in [2.75, 3.05) is 39.6 Å². The largest absolute Gasteiger partial charge is 0.472 e. The second kappa shape index (κ2) is 77.6. The lowest BCUT2D eigenvalue weighted by molar-refractivity contribution is -0.161. The van der Waals surface area contributed by atoms with Crippen LogP contribution in [0.25, 0.3) is 0 Å². The van der Waals surface area contributed by atoms with Crippen molar-refractivity contribution in [2.45, 2.75) is 485 Å². The van der Waals surface area contributed by atoms with Gasteiger partial charge in [0.1, 0.15) is 19.3 Å². The van der Waals surface area contributed by atoms with Gasteiger partial charge in [0.15, 0.2) is 12.2 Å². The molecule has 0 fully saturated rings. The number of hydrogen-bond acceptors (Lipinski definition) is 15. The van der Waals surface area contributed by atoms with Gasteiger partial charge >= 0.3 is 39.5 Å². The lowest BCUT2D eigenvalue weighted by Crippen LogP contribution is -2.30. The van der Waals surface area contributed by atoms with Crippen LogP contribution in [0.5, 0.6) is 0 Å². The summed E-state index contributed by atoms with van der Waals surface area (Å²) >= 11 is 0. The Kier molecular flexibility index (Phi) is 76.2. The van der Waals surface area contributed by atoms with E-state index in [2.05, 4.69) is 55.4 Å². The molecule has 0 spiro atoms. The van der Waals surface area contributed by atoms with Crippen molar-refractivity contribution in [3.05, 3.63) is 0 Å². The van der Waals surface area contributed by atoms with Gasteiger partial charge in [0.25, 0.3) is 0 Å². The molecule has 17 nitrogen and oxygen atoms in total. The number of hydrogen-bond donors (Lipinski definition) is 3. The van der Waals surface area contributed by atoms with Crippen LogP contribution in [0.4, 0.5) is 0 Å². The Morgan fingerprint density at radius 1 is 0.259 bits per heavy atom. The van der Waals surface area contributed by atoms with E-state index < -0.39 is 97.5 Å². The van der Waals surface area contributed by atoms with Gasteiger partial charge in [-0.2, -0.15) is 0 Å². The van der Waals surface area contributed by atoms with Gasteiger partial charge in [-0.1, -0.05) is 415 Å². The number of aliphatic hydroxyl groups is 1.